The zero-order valence-corrected chi connectivity index (χ0v) is 6.32. The molecular formula is C8H12O3. The third-order valence-corrected chi connectivity index (χ3v) is 2.71. The smallest absolute Gasteiger partial charge is 0.309 e. The first-order chi connectivity index (χ1) is 5.27. The van der Waals surface area contributed by atoms with E-state index in [1.165, 1.54) is 0 Å². The molecule has 2 fully saturated rings. The number of carbonyl (C=O) groups is 1. The van der Waals surface area contributed by atoms with Crippen molar-refractivity contribution in [2.75, 3.05) is 6.61 Å². The summed E-state index contributed by atoms with van der Waals surface area (Å²) in [5.74, 6) is 0.294. The molecule has 1 aliphatic carbocycles. The summed E-state index contributed by atoms with van der Waals surface area (Å²) >= 11 is 0. The molecule has 2 rings (SSSR count). The van der Waals surface area contributed by atoms with Crippen LogP contribution in [0.2, 0.25) is 0 Å². The highest BCUT2D eigenvalue weighted by atomic mass is 16.5. The van der Waals surface area contributed by atoms with E-state index >= 15 is 0 Å². The van der Waals surface area contributed by atoms with E-state index in [-0.39, 0.29) is 18.0 Å². The van der Waals surface area contributed by atoms with E-state index < -0.39 is 0 Å². The predicted molar refractivity (Wildman–Crippen MR) is 37.8 cm³/mol. The fourth-order valence-corrected chi connectivity index (χ4v) is 2.12. The van der Waals surface area contributed by atoms with Gasteiger partial charge in [-0.15, -0.1) is 0 Å². The zero-order valence-electron chi connectivity index (χ0n) is 6.32. The van der Waals surface area contributed by atoms with Gasteiger partial charge < -0.3 is 9.84 Å². The van der Waals surface area contributed by atoms with Gasteiger partial charge in [0.25, 0.3) is 0 Å². The summed E-state index contributed by atoms with van der Waals surface area (Å²) in [4.78, 5) is 11.1. The molecule has 3 nitrogen and oxygen atoms in total. The molecule has 11 heavy (non-hydrogen) atoms. The van der Waals surface area contributed by atoms with Crippen LogP contribution in [-0.2, 0) is 9.53 Å². The average molecular weight is 156 g/mol. The summed E-state index contributed by atoms with van der Waals surface area (Å²) in [6, 6.07) is 0. The Kier molecular flexibility index (Phi) is 1.60. The van der Waals surface area contributed by atoms with Gasteiger partial charge in [0.15, 0.2) is 0 Å². The van der Waals surface area contributed by atoms with Crippen LogP contribution in [0, 0.1) is 11.8 Å². The minimum atomic E-state index is -0.268. The predicted octanol–water partition coefficient (Wildman–Crippen LogP) is 0.320. The lowest BCUT2D eigenvalue weighted by atomic mass is 9.91. The van der Waals surface area contributed by atoms with Crippen molar-refractivity contribution in [2.45, 2.75) is 25.4 Å². The van der Waals surface area contributed by atoms with Crippen LogP contribution in [0.15, 0.2) is 0 Å². The minimum absolute atomic E-state index is 0.00116. The topological polar surface area (TPSA) is 46.5 Å². The Morgan fingerprint density at radius 1 is 1.45 bits per heavy atom. The van der Waals surface area contributed by atoms with Crippen molar-refractivity contribution in [1.29, 1.82) is 0 Å². The van der Waals surface area contributed by atoms with Gasteiger partial charge in [0.05, 0.1) is 18.6 Å². The number of cyclic esters (lactones) is 1. The van der Waals surface area contributed by atoms with Crippen molar-refractivity contribution in [1.82, 2.24) is 0 Å². The molecular weight excluding hydrogens is 144 g/mol. The van der Waals surface area contributed by atoms with Crippen LogP contribution in [-0.4, -0.2) is 23.8 Å². The molecule has 2 aliphatic rings. The molecule has 0 aromatic carbocycles. The molecule has 62 valence electrons. The normalized spacial score (nSPS) is 43.4. The van der Waals surface area contributed by atoms with Gasteiger partial charge in [0.2, 0.25) is 0 Å². The lowest BCUT2D eigenvalue weighted by Gasteiger charge is -2.23. The minimum Gasteiger partial charge on any atom is -0.465 e. The molecule has 1 N–H and O–H groups in total. The first-order valence-corrected chi connectivity index (χ1v) is 4.12. The molecule has 0 radical (unpaired) electrons. The summed E-state index contributed by atoms with van der Waals surface area (Å²) < 4.78 is 4.89. The van der Waals surface area contributed by atoms with Crippen molar-refractivity contribution in [3.63, 3.8) is 0 Å². The monoisotopic (exact) mass is 156 g/mol. The first-order valence-electron chi connectivity index (χ1n) is 4.12. The molecule has 0 aromatic heterocycles. The zero-order chi connectivity index (χ0) is 7.84. The van der Waals surface area contributed by atoms with Crippen molar-refractivity contribution in [3.8, 4) is 0 Å². The van der Waals surface area contributed by atoms with Crippen LogP contribution >= 0.6 is 0 Å². The quantitative estimate of drug-likeness (QED) is 0.514. The van der Waals surface area contributed by atoms with Gasteiger partial charge in [-0.25, -0.2) is 0 Å². The number of carbonyl (C=O) groups excluding carboxylic acids is 1. The largest absolute Gasteiger partial charge is 0.465 e. The lowest BCUT2D eigenvalue weighted by Crippen LogP contribution is -2.28. The Morgan fingerprint density at radius 3 is 3.00 bits per heavy atom. The van der Waals surface area contributed by atoms with Crippen LogP contribution in [0.5, 0.6) is 0 Å². The number of esters is 1. The molecule has 3 unspecified atom stereocenters. The Morgan fingerprint density at radius 2 is 2.27 bits per heavy atom. The van der Waals surface area contributed by atoms with E-state index in [0.29, 0.717) is 18.9 Å². The maximum atomic E-state index is 11.1. The lowest BCUT2D eigenvalue weighted by molar-refractivity contribution is -0.155. The molecule has 3 atom stereocenters. The number of aliphatic hydroxyl groups excluding tert-OH is 1. The number of rotatable bonds is 0. The maximum absolute atomic E-state index is 11.1. The van der Waals surface area contributed by atoms with E-state index in [1.807, 2.05) is 0 Å². The Labute approximate surface area is 65.4 Å². The van der Waals surface area contributed by atoms with E-state index in [4.69, 9.17) is 4.74 Å². The van der Waals surface area contributed by atoms with Gasteiger partial charge in [-0.1, -0.05) is 0 Å². The molecule has 0 amide bonds. The fraction of sp³-hybridized carbons (Fsp3) is 0.875. The van der Waals surface area contributed by atoms with Crippen molar-refractivity contribution in [3.05, 3.63) is 0 Å². The molecule has 1 heterocycles. The van der Waals surface area contributed by atoms with Gasteiger partial charge in [-0.3, -0.25) is 4.79 Å². The summed E-state index contributed by atoms with van der Waals surface area (Å²) in [7, 11) is 0. The van der Waals surface area contributed by atoms with E-state index in [1.54, 1.807) is 0 Å². The second-order valence-electron chi connectivity index (χ2n) is 3.45. The molecule has 1 saturated carbocycles. The number of ether oxygens (including phenoxy) is 1. The highest BCUT2D eigenvalue weighted by Gasteiger charge is 2.41. The fourth-order valence-electron chi connectivity index (χ4n) is 2.12. The van der Waals surface area contributed by atoms with E-state index in [0.717, 1.165) is 12.8 Å². The van der Waals surface area contributed by atoms with Crippen molar-refractivity contribution >= 4 is 5.97 Å². The first kappa shape index (κ1) is 7.10. The summed E-state index contributed by atoms with van der Waals surface area (Å²) in [5, 5.41) is 9.27. The molecule has 1 saturated heterocycles. The SMILES string of the molecule is O=C1OCCC2CC(O)CC12. The Balaban J connectivity index is 2.09. The number of aliphatic hydroxyl groups is 1. The van der Waals surface area contributed by atoms with Crippen molar-refractivity contribution in [2.24, 2.45) is 11.8 Å². The van der Waals surface area contributed by atoms with Crippen LogP contribution in [0.4, 0.5) is 0 Å². The third kappa shape index (κ3) is 1.13. The molecule has 1 aliphatic heterocycles. The summed E-state index contributed by atoms with van der Waals surface area (Å²) in [5.41, 5.74) is 0. The molecule has 0 spiro atoms. The number of fused-ring (bicyclic) bond motifs is 1. The van der Waals surface area contributed by atoms with Crippen LogP contribution in [0.1, 0.15) is 19.3 Å². The summed E-state index contributed by atoms with van der Waals surface area (Å²) in [6.07, 6.45) is 2.08. The second-order valence-corrected chi connectivity index (χ2v) is 3.45. The van der Waals surface area contributed by atoms with Crippen molar-refractivity contribution < 1.29 is 14.6 Å². The van der Waals surface area contributed by atoms with E-state index in [9.17, 15) is 9.90 Å². The molecule has 0 bridgehead atoms. The van der Waals surface area contributed by atoms with Crippen LogP contribution in [0.3, 0.4) is 0 Å². The molecule has 3 heteroatoms. The Hall–Kier alpha value is -0.570. The number of hydrogen-bond acceptors (Lipinski definition) is 3. The maximum Gasteiger partial charge on any atom is 0.309 e. The highest BCUT2D eigenvalue weighted by molar-refractivity contribution is 5.74. The highest BCUT2D eigenvalue weighted by Crippen LogP contribution is 2.37. The van der Waals surface area contributed by atoms with E-state index in [2.05, 4.69) is 0 Å². The van der Waals surface area contributed by atoms with Gasteiger partial charge in [-0.05, 0) is 25.2 Å². The average Bonchev–Trinajstić information content (AvgIpc) is 2.31. The van der Waals surface area contributed by atoms with Crippen LogP contribution in [0.25, 0.3) is 0 Å². The molecule has 0 aromatic rings. The van der Waals surface area contributed by atoms with Crippen LogP contribution < -0.4 is 0 Å². The van der Waals surface area contributed by atoms with Gasteiger partial charge >= 0.3 is 5.97 Å². The van der Waals surface area contributed by atoms with Gasteiger partial charge in [-0.2, -0.15) is 0 Å². The third-order valence-electron chi connectivity index (χ3n) is 2.71. The number of hydrogen-bond donors (Lipinski definition) is 1. The summed E-state index contributed by atoms with van der Waals surface area (Å²) in [6.45, 7) is 0.548. The standard InChI is InChI=1S/C8H12O3/c9-6-3-5-1-2-11-8(10)7(5)4-6/h5-7,9H,1-4H2. The Bertz CT molecular complexity index is 178. The van der Waals surface area contributed by atoms with Gasteiger partial charge in [0, 0.05) is 0 Å². The second kappa shape index (κ2) is 2.48. The van der Waals surface area contributed by atoms with Gasteiger partial charge in [0.1, 0.15) is 0 Å².